The molecule has 0 aliphatic heterocycles. The first-order chi connectivity index (χ1) is 12.1. The molecule has 7 heteroatoms. The minimum atomic E-state index is -0.742. The Hall–Kier alpha value is -3.35. The zero-order chi connectivity index (χ0) is 17.6. The van der Waals surface area contributed by atoms with Crippen LogP contribution in [0.25, 0.3) is 11.0 Å². The Morgan fingerprint density at radius 2 is 1.80 bits per heavy atom. The zero-order valence-electron chi connectivity index (χ0n) is 13.7. The molecule has 0 radical (unpaired) electrons. The van der Waals surface area contributed by atoms with Gasteiger partial charge in [-0.15, -0.1) is 0 Å². The normalized spacial score (nSPS) is 11.7. The van der Waals surface area contributed by atoms with Gasteiger partial charge in [-0.1, -0.05) is 30.3 Å². The second-order valence-corrected chi connectivity index (χ2v) is 5.49. The number of hydrogen-bond acceptors (Lipinski definition) is 4. The highest BCUT2D eigenvalue weighted by Crippen LogP contribution is 2.11. The molecule has 128 valence electrons. The van der Waals surface area contributed by atoms with Gasteiger partial charge in [-0.2, -0.15) is 0 Å². The lowest BCUT2D eigenvalue weighted by molar-refractivity contribution is -0.132. The van der Waals surface area contributed by atoms with E-state index in [4.69, 9.17) is 4.74 Å². The molecule has 3 aromatic rings. The van der Waals surface area contributed by atoms with Gasteiger partial charge < -0.3 is 9.72 Å². The van der Waals surface area contributed by atoms with Crippen LogP contribution in [0.1, 0.15) is 12.7 Å². The number of hydrogen-bond donors (Lipinski definition) is 3. The fourth-order valence-electron chi connectivity index (χ4n) is 2.28. The highest BCUT2D eigenvalue weighted by atomic mass is 16.5. The lowest BCUT2D eigenvalue weighted by Gasteiger charge is -2.14. The maximum atomic E-state index is 12.0. The predicted octanol–water partition coefficient (Wildman–Crippen LogP) is 1.72. The van der Waals surface area contributed by atoms with Crippen LogP contribution < -0.4 is 15.6 Å². The van der Waals surface area contributed by atoms with E-state index in [-0.39, 0.29) is 12.3 Å². The number of amides is 2. The van der Waals surface area contributed by atoms with Gasteiger partial charge in [-0.05, 0) is 31.2 Å². The van der Waals surface area contributed by atoms with Gasteiger partial charge in [0.15, 0.2) is 6.10 Å². The van der Waals surface area contributed by atoms with Gasteiger partial charge in [-0.25, -0.2) is 4.98 Å². The van der Waals surface area contributed by atoms with Crippen molar-refractivity contribution in [2.45, 2.75) is 19.4 Å². The summed E-state index contributed by atoms with van der Waals surface area (Å²) in [7, 11) is 0. The van der Waals surface area contributed by atoms with Crippen LogP contribution in [0.2, 0.25) is 0 Å². The quantitative estimate of drug-likeness (QED) is 0.617. The van der Waals surface area contributed by atoms with Gasteiger partial charge in [0.1, 0.15) is 11.6 Å². The van der Waals surface area contributed by atoms with Crippen molar-refractivity contribution < 1.29 is 14.3 Å². The third-order valence-electron chi connectivity index (χ3n) is 3.52. The average Bonchev–Trinajstić information content (AvgIpc) is 3.02. The number of nitrogens with one attached hydrogen (secondary N) is 3. The second-order valence-electron chi connectivity index (χ2n) is 5.49. The summed E-state index contributed by atoms with van der Waals surface area (Å²) in [5.41, 5.74) is 6.37. The number of ether oxygens (including phenoxy) is 1. The molecule has 0 fully saturated rings. The largest absolute Gasteiger partial charge is 0.481 e. The summed E-state index contributed by atoms with van der Waals surface area (Å²) in [6, 6.07) is 16.5. The summed E-state index contributed by atoms with van der Waals surface area (Å²) in [6.45, 7) is 1.60. The number of aromatic amines is 1. The van der Waals surface area contributed by atoms with Crippen LogP contribution in [0.4, 0.5) is 0 Å². The molecule has 0 bridgehead atoms. The van der Waals surface area contributed by atoms with Crippen LogP contribution in [0.15, 0.2) is 54.6 Å². The molecule has 2 amide bonds. The van der Waals surface area contributed by atoms with Crippen LogP contribution in [-0.4, -0.2) is 27.9 Å². The molecule has 3 rings (SSSR count). The monoisotopic (exact) mass is 338 g/mol. The van der Waals surface area contributed by atoms with Crippen molar-refractivity contribution in [3.8, 4) is 5.75 Å². The Bertz CT molecular complexity index is 843. The van der Waals surface area contributed by atoms with Crippen molar-refractivity contribution >= 4 is 22.8 Å². The number of aromatic nitrogens is 2. The molecule has 25 heavy (non-hydrogen) atoms. The molecule has 2 aromatic carbocycles. The van der Waals surface area contributed by atoms with Crippen LogP contribution in [-0.2, 0) is 16.0 Å². The molecule has 0 unspecified atom stereocenters. The van der Waals surface area contributed by atoms with Crippen molar-refractivity contribution in [3.63, 3.8) is 0 Å². The van der Waals surface area contributed by atoms with E-state index in [2.05, 4.69) is 20.8 Å². The first-order valence-electron chi connectivity index (χ1n) is 7.86. The van der Waals surface area contributed by atoms with Gasteiger partial charge in [-0.3, -0.25) is 20.4 Å². The van der Waals surface area contributed by atoms with Gasteiger partial charge in [0.2, 0.25) is 5.91 Å². The SMILES string of the molecule is C[C@@H](Oc1ccccc1)C(=O)NNC(=O)Cc1nc2ccccc2[nH]1. The Balaban J connectivity index is 1.48. The fraction of sp³-hybridized carbons (Fsp3) is 0.167. The number of rotatable bonds is 5. The van der Waals surface area contributed by atoms with Gasteiger partial charge in [0.25, 0.3) is 5.91 Å². The third kappa shape index (κ3) is 4.35. The number of fused-ring (bicyclic) bond motifs is 1. The standard InChI is InChI=1S/C18H18N4O3/c1-12(25-13-7-3-2-4-8-13)18(24)22-21-17(23)11-16-19-14-9-5-6-10-15(14)20-16/h2-10,12H,11H2,1H3,(H,19,20)(H,21,23)(H,22,24)/t12-/m1/s1. The zero-order valence-corrected chi connectivity index (χ0v) is 13.7. The number of carbonyl (C=O) groups excluding carboxylic acids is 2. The molecule has 1 heterocycles. The smallest absolute Gasteiger partial charge is 0.279 e. The Labute approximate surface area is 144 Å². The second kappa shape index (κ2) is 7.48. The first-order valence-corrected chi connectivity index (χ1v) is 7.86. The van der Waals surface area contributed by atoms with Crippen molar-refractivity contribution in [1.29, 1.82) is 0 Å². The van der Waals surface area contributed by atoms with E-state index in [0.717, 1.165) is 11.0 Å². The highest BCUT2D eigenvalue weighted by molar-refractivity contribution is 5.85. The molecule has 1 aromatic heterocycles. The Morgan fingerprint density at radius 3 is 2.56 bits per heavy atom. The molecule has 7 nitrogen and oxygen atoms in total. The average molecular weight is 338 g/mol. The van der Waals surface area contributed by atoms with E-state index >= 15 is 0 Å². The number of benzene rings is 2. The summed E-state index contributed by atoms with van der Waals surface area (Å²) in [5, 5.41) is 0. The predicted molar refractivity (Wildman–Crippen MR) is 92.6 cm³/mol. The lowest BCUT2D eigenvalue weighted by atomic mass is 10.3. The van der Waals surface area contributed by atoms with Crippen molar-refractivity contribution in [2.24, 2.45) is 0 Å². The van der Waals surface area contributed by atoms with E-state index in [1.165, 1.54) is 0 Å². The number of para-hydroxylation sites is 3. The summed E-state index contributed by atoms with van der Waals surface area (Å²) >= 11 is 0. The van der Waals surface area contributed by atoms with Crippen molar-refractivity contribution in [2.75, 3.05) is 0 Å². The van der Waals surface area contributed by atoms with Crippen LogP contribution in [0.5, 0.6) is 5.75 Å². The molecule has 0 aliphatic rings. The Morgan fingerprint density at radius 1 is 1.08 bits per heavy atom. The minimum Gasteiger partial charge on any atom is -0.481 e. The molecule has 0 aliphatic carbocycles. The molecular weight excluding hydrogens is 320 g/mol. The lowest BCUT2D eigenvalue weighted by Crippen LogP contribution is -2.47. The molecule has 1 atom stereocenters. The number of nitrogens with zero attached hydrogens (tertiary/aromatic N) is 1. The number of hydrazine groups is 1. The van der Waals surface area contributed by atoms with Gasteiger partial charge in [0, 0.05) is 0 Å². The number of imidazole rings is 1. The van der Waals surface area contributed by atoms with Gasteiger partial charge in [0.05, 0.1) is 17.5 Å². The first kappa shape index (κ1) is 16.5. The molecule has 0 spiro atoms. The minimum absolute atomic E-state index is 0.0306. The molecular formula is C18H18N4O3. The molecule has 0 saturated carbocycles. The van der Waals surface area contributed by atoms with E-state index < -0.39 is 12.0 Å². The highest BCUT2D eigenvalue weighted by Gasteiger charge is 2.16. The maximum Gasteiger partial charge on any atom is 0.279 e. The van der Waals surface area contributed by atoms with Gasteiger partial charge >= 0.3 is 0 Å². The maximum absolute atomic E-state index is 12.0. The molecule has 3 N–H and O–H groups in total. The van der Waals surface area contributed by atoms with E-state index in [1.807, 2.05) is 42.5 Å². The summed E-state index contributed by atoms with van der Waals surface area (Å²) in [4.78, 5) is 31.3. The fourth-order valence-corrected chi connectivity index (χ4v) is 2.28. The van der Waals surface area contributed by atoms with Crippen LogP contribution in [0.3, 0.4) is 0 Å². The number of H-pyrrole nitrogens is 1. The topological polar surface area (TPSA) is 96.1 Å². The Kier molecular flexibility index (Phi) is 4.94. The van der Waals surface area contributed by atoms with E-state index in [0.29, 0.717) is 11.6 Å². The van der Waals surface area contributed by atoms with Crippen LogP contribution >= 0.6 is 0 Å². The van der Waals surface area contributed by atoms with Crippen LogP contribution in [0, 0.1) is 0 Å². The van der Waals surface area contributed by atoms with Crippen molar-refractivity contribution in [1.82, 2.24) is 20.8 Å². The third-order valence-corrected chi connectivity index (χ3v) is 3.52. The summed E-state index contributed by atoms with van der Waals surface area (Å²) in [6.07, 6.45) is -0.711. The van der Waals surface area contributed by atoms with Crippen molar-refractivity contribution in [3.05, 3.63) is 60.4 Å². The number of carbonyl (C=O) groups is 2. The van der Waals surface area contributed by atoms with E-state index in [1.54, 1.807) is 19.1 Å². The molecule has 0 saturated heterocycles. The summed E-state index contributed by atoms with van der Waals surface area (Å²) < 4.78 is 5.48. The van der Waals surface area contributed by atoms with E-state index in [9.17, 15) is 9.59 Å². The summed E-state index contributed by atoms with van der Waals surface area (Å²) in [5.74, 6) is 0.293.